The third kappa shape index (κ3) is 3.61. The molecule has 1 N–H and O–H groups in total. The van der Waals surface area contributed by atoms with Crippen molar-refractivity contribution in [3.8, 4) is 5.69 Å². The number of rotatable bonds is 5. The zero-order valence-corrected chi connectivity index (χ0v) is 14.0. The summed E-state index contributed by atoms with van der Waals surface area (Å²) in [6, 6.07) is 14.1. The monoisotopic (exact) mass is 353 g/mol. The Bertz CT molecular complexity index is 921. The van der Waals surface area contributed by atoms with Crippen LogP contribution in [0.25, 0.3) is 5.69 Å². The van der Waals surface area contributed by atoms with Crippen LogP contribution in [0, 0.1) is 5.82 Å². The van der Waals surface area contributed by atoms with Gasteiger partial charge in [0.25, 0.3) is 5.91 Å². The molecule has 2 aromatic carbocycles. The van der Waals surface area contributed by atoms with E-state index in [0.717, 1.165) is 0 Å². The molecule has 0 atom stereocenters. The molecule has 6 nitrogen and oxygen atoms in total. The summed E-state index contributed by atoms with van der Waals surface area (Å²) < 4.78 is 19.5. The number of halogens is 1. The molecule has 7 heteroatoms. The molecule has 3 aromatic rings. The van der Waals surface area contributed by atoms with Gasteiger partial charge in [-0.15, -0.1) is 0 Å². The summed E-state index contributed by atoms with van der Waals surface area (Å²) in [6.07, 6.45) is 1.34. The molecule has 1 amide bonds. The van der Waals surface area contributed by atoms with E-state index < -0.39 is 17.7 Å². The Morgan fingerprint density at radius 1 is 1.12 bits per heavy atom. The van der Waals surface area contributed by atoms with Crippen molar-refractivity contribution in [2.24, 2.45) is 0 Å². The van der Waals surface area contributed by atoms with E-state index in [1.807, 2.05) is 18.2 Å². The predicted octanol–water partition coefficient (Wildman–Crippen LogP) is 3.44. The Balaban J connectivity index is 1.99. The topological polar surface area (TPSA) is 73.2 Å². The van der Waals surface area contributed by atoms with E-state index in [2.05, 4.69) is 10.4 Å². The number of nitrogens with zero attached hydrogens (tertiary/aromatic N) is 2. The zero-order chi connectivity index (χ0) is 18.5. The molecular formula is C19H16FN3O3. The summed E-state index contributed by atoms with van der Waals surface area (Å²) in [5.74, 6) is -1.34. The maximum absolute atomic E-state index is 13.1. The molecule has 0 aliphatic carbocycles. The normalized spacial score (nSPS) is 10.4. The van der Waals surface area contributed by atoms with Gasteiger partial charge in [-0.3, -0.25) is 4.79 Å². The molecule has 0 aliphatic rings. The van der Waals surface area contributed by atoms with Crippen LogP contribution in [0.3, 0.4) is 0 Å². The van der Waals surface area contributed by atoms with Gasteiger partial charge in [0, 0.05) is 5.56 Å². The number of esters is 1. The minimum atomic E-state index is -0.593. The Morgan fingerprint density at radius 2 is 1.81 bits per heavy atom. The number of anilines is 1. The number of aromatic nitrogens is 2. The molecular weight excluding hydrogens is 337 g/mol. The van der Waals surface area contributed by atoms with Gasteiger partial charge in [0.2, 0.25) is 0 Å². The van der Waals surface area contributed by atoms with Gasteiger partial charge in [0.15, 0.2) is 5.82 Å². The highest BCUT2D eigenvalue weighted by atomic mass is 19.1. The van der Waals surface area contributed by atoms with Gasteiger partial charge in [-0.05, 0) is 43.3 Å². The number of para-hydroxylation sites is 1. The van der Waals surface area contributed by atoms with Crippen LogP contribution in [-0.2, 0) is 4.74 Å². The molecule has 0 radical (unpaired) electrons. The smallest absolute Gasteiger partial charge is 0.343 e. The first kappa shape index (κ1) is 17.3. The van der Waals surface area contributed by atoms with Gasteiger partial charge in [0.05, 0.1) is 18.5 Å². The number of benzene rings is 2. The van der Waals surface area contributed by atoms with Crippen molar-refractivity contribution in [1.29, 1.82) is 0 Å². The fourth-order valence-corrected chi connectivity index (χ4v) is 2.37. The van der Waals surface area contributed by atoms with Gasteiger partial charge >= 0.3 is 5.97 Å². The highest BCUT2D eigenvalue weighted by molar-refractivity contribution is 6.07. The molecule has 0 unspecified atom stereocenters. The number of ether oxygens (including phenoxy) is 1. The zero-order valence-electron chi connectivity index (χ0n) is 14.0. The first-order valence-electron chi connectivity index (χ1n) is 7.97. The standard InChI is InChI=1S/C19H16FN3O3/c1-2-26-19(25)16-12-21-23(15-6-4-3-5-7-15)17(16)22-18(24)13-8-10-14(20)11-9-13/h3-12H,2H2,1H3,(H,22,24). The van der Waals surface area contributed by atoms with Crippen LogP contribution < -0.4 is 5.32 Å². The van der Waals surface area contributed by atoms with Gasteiger partial charge in [0.1, 0.15) is 11.4 Å². The van der Waals surface area contributed by atoms with Crippen LogP contribution >= 0.6 is 0 Å². The molecule has 3 rings (SSSR count). The Kier molecular flexibility index (Phi) is 5.07. The number of hydrogen-bond acceptors (Lipinski definition) is 4. The van der Waals surface area contributed by atoms with Gasteiger partial charge < -0.3 is 10.1 Å². The van der Waals surface area contributed by atoms with E-state index in [1.165, 1.54) is 35.1 Å². The molecule has 132 valence electrons. The van der Waals surface area contributed by atoms with E-state index in [9.17, 15) is 14.0 Å². The summed E-state index contributed by atoms with van der Waals surface area (Å²) in [6.45, 7) is 1.89. The number of nitrogens with one attached hydrogen (secondary N) is 1. The minimum absolute atomic E-state index is 0.131. The molecule has 0 saturated heterocycles. The predicted molar refractivity (Wildman–Crippen MR) is 93.9 cm³/mol. The molecule has 0 bridgehead atoms. The lowest BCUT2D eigenvalue weighted by Crippen LogP contribution is -2.18. The maximum Gasteiger partial charge on any atom is 0.343 e. The number of carbonyl (C=O) groups is 2. The first-order chi connectivity index (χ1) is 12.6. The third-order valence-corrected chi connectivity index (χ3v) is 3.60. The second-order valence-corrected chi connectivity index (χ2v) is 5.34. The second-order valence-electron chi connectivity index (χ2n) is 5.34. The lowest BCUT2D eigenvalue weighted by Gasteiger charge is -2.11. The summed E-state index contributed by atoms with van der Waals surface area (Å²) >= 11 is 0. The fraction of sp³-hybridized carbons (Fsp3) is 0.105. The van der Waals surface area contributed by atoms with Crippen LogP contribution in [0.5, 0.6) is 0 Å². The van der Waals surface area contributed by atoms with Crippen molar-refractivity contribution < 1.29 is 18.7 Å². The number of carbonyl (C=O) groups excluding carboxylic acids is 2. The SMILES string of the molecule is CCOC(=O)c1cnn(-c2ccccc2)c1NC(=O)c1ccc(F)cc1. The Labute approximate surface area is 149 Å². The first-order valence-corrected chi connectivity index (χ1v) is 7.97. The van der Waals surface area contributed by atoms with Crippen LogP contribution in [0.15, 0.2) is 60.8 Å². The van der Waals surface area contributed by atoms with E-state index in [4.69, 9.17) is 4.74 Å². The summed E-state index contributed by atoms with van der Waals surface area (Å²) in [4.78, 5) is 24.7. The van der Waals surface area contributed by atoms with Crippen LogP contribution in [-0.4, -0.2) is 28.3 Å². The van der Waals surface area contributed by atoms with Crippen molar-refractivity contribution in [1.82, 2.24) is 9.78 Å². The van der Waals surface area contributed by atoms with Gasteiger partial charge in [-0.25, -0.2) is 13.9 Å². The highest BCUT2D eigenvalue weighted by Crippen LogP contribution is 2.22. The van der Waals surface area contributed by atoms with Crippen LogP contribution in [0.4, 0.5) is 10.2 Å². The molecule has 0 spiro atoms. The van der Waals surface area contributed by atoms with Gasteiger partial charge in [-0.2, -0.15) is 5.10 Å². The molecule has 0 aliphatic heterocycles. The largest absolute Gasteiger partial charge is 0.462 e. The third-order valence-electron chi connectivity index (χ3n) is 3.60. The molecule has 0 fully saturated rings. The van der Waals surface area contributed by atoms with Crippen molar-refractivity contribution >= 4 is 17.7 Å². The molecule has 1 aromatic heterocycles. The molecule has 26 heavy (non-hydrogen) atoms. The van der Waals surface area contributed by atoms with E-state index >= 15 is 0 Å². The highest BCUT2D eigenvalue weighted by Gasteiger charge is 2.22. The van der Waals surface area contributed by atoms with E-state index in [-0.39, 0.29) is 23.6 Å². The van der Waals surface area contributed by atoms with Crippen molar-refractivity contribution in [2.45, 2.75) is 6.92 Å². The quantitative estimate of drug-likeness (QED) is 0.713. The van der Waals surface area contributed by atoms with E-state index in [0.29, 0.717) is 5.69 Å². The average molecular weight is 353 g/mol. The second kappa shape index (κ2) is 7.60. The summed E-state index contributed by atoms with van der Waals surface area (Å²) in [7, 11) is 0. The lowest BCUT2D eigenvalue weighted by molar-refractivity contribution is 0.0527. The minimum Gasteiger partial charge on any atom is -0.462 e. The van der Waals surface area contributed by atoms with Crippen LogP contribution in [0.2, 0.25) is 0 Å². The van der Waals surface area contributed by atoms with Crippen molar-refractivity contribution in [3.63, 3.8) is 0 Å². The van der Waals surface area contributed by atoms with E-state index in [1.54, 1.807) is 19.1 Å². The maximum atomic E-state index is 13.1. The summed E-state index contributed by atoms with van der Waals surface area (Å²) in [5.41, 5.74) is 1.05. The van der Waals surface area contributed by atoms with Gasteiger partial charge in [-0.1, -0.05) is 18.2 Å². The lowest BCUT2D eigenvalue weighted by atomic mass is 10.2. The van der Waals surface area contributed by atoms with Crippen molar-refractivity contribution in [3.05, 3.63) is 77.7 Å². The Hall–Kier alpha value is -3.48. The fourth-order valence-electron chi connectivity index (χ4n) is 2.37. The summed E-state index contributed by atoms with van der Waals surface area (Å²) in [5, 5.41) is 6.86. The Morgan fingerprint density at radius 3 is 2.46 bits per heavy atom. The average Bonchev–Trinajstić information content (AvgIpc) is 3.07. The van der Waals surface area contributed by atoms with Crippen LogP contribution in [0.1, 0.15) is 27.6 Å². The number of hydrogen-bond donors (Lipinski definition) is 1. The molecule has 1 heterocycles. The molecule has 0 saturated carbocycles. The van der Waals surface area contributed by atoms with Crippen molar-refractivity contribution in [2.75, 3.05) is 11.9 Å². The number of amides is 1.